The van der Waals surface area contributed by atoms with E-state index in [4.69, 9.17) is 11.6 Å². The largest absolute Gasteiger partial charge is 0.354 e. The Morgan fingerprint density at radius 2 is 2.05 bits per heavy atom. The zero-order valence-corrected chi connectivity index (χ0v) is 11.7. The lowest BCUT2D eigenvalue weighted by Crippen LogP contribution is -1.95. The number of nitrogens with one attached hydrogen (secondary N) is 1. The van der Waals surface area contributed by atoms with E-state index in [2.05, 4.69) is 21.2 Å². The Labute approximate surface area is 121 Å². The van der Waals surface area contributed by atoms with Crippen molar-refractivity contribution in [3.05, 3.63) is 61.8 Å². The number of nitro benzene ring substituents is 1. The van der Waals surface area contributed by atoms with Gasteiger partial charge in [-0.3, -0.25) is 10.1 Å². The van der Waals surface area contributed by atoms with Crippen molar-refractivity contribution < 1.29 is 9.31 Å². The van der Waals surface area contributed by atoms with E-state index in [1.165, 1.54) is 12.1 Å². The maximum atomic E-state index is 13.3. The smallest absolute Gasteiger partial charge is 0.274 e. The molecule has 0 fully saturated rings. The Kier molecular flexibility index (Phi) is 4.01. The molecule has 0 bridgehead atoms. The molecule has 7 heteroatoms. The van der Waals surface area contributed by atoms with Crippen molar-refractivity contribution in [2.24, 2.45) is 0 Å². The zero-order chi connectivity index (χ0) is 14.0. The molecule has 0 aromatic heterocycles. The van der Waals surface area contributed by atoms with E-state index in [0.29, 0.717) is 15.2 Å². The Bertz CT molecular complexity index is 652. The molecule has 1 N–H and O–H groups in total. The zero-order valence-electron chi connectivity index (χ0n) is 9.36. The van der Waals surface area contributed by atoms with Crippen LogP contribution in [0.3, 0.4) is 0 Å². The van der Waals surface area contributed by atoms with Crippen LogP contribution in [0.4, 0.5) is 21.5 Å². The van der Waals surface area contributed by atoms with Crippen molar-refractivity contribution in [3.63, 3.8) is 0 Å². The van der Waals surface area contributed by atoms with E-state index in [1.54, 1.807) is 18.2 Å². The normalized spacial score (nSPS) is 10.3. The number of rotatable bonds is 3. The fourth-order valence-electron chi connectivity index (χ4n) is 1.51. The highest BCUT2D eigenvalue weighted by molar-refractivity contribution is 9.10. The average molecular weight is 346 g/mol. The van der Waals surface area contributed by atoms with E-state index in [1.807, 2.05) is 0 Å². The van der Waals surface area contributed by atoms with Crippen molar-refractivity contribution in [1.29, 1.82) is 0 Å². The Morgan fingerprint density at radius 3 is 2.74 bits per heavy atom. The topological polar surface area (TPSA) is 55.2 Å². The molecular formula is C12H7BrClFN2O2. The summed E-state index contributed by atoms with van der Waals surface area (Å²) in [4.78, 5) is 10.0. The lowest BCUT2D eigenvalue weighted by molar-refractivity contribution is -0.385. The Balaban J connectivity index is 2.38. The van der Waals surface area contributed by atoms with E-state index in [0.717, 1.165) is 6.07 Å². The predicted molar refractivity (Wildman–Crippen MR) is 75.5 cm³/mol. The van der Waals surface area contributed by atoms with Crippen LogP contribution in [-0.4, -0.2) is 4.92 Å². The molecule has 98 valence electrons. The molecule has 0 amide bonds. The third-order valence-electron chi connectivity index (χ3n) is 2.32. The van der Waals surface area contributed by atoms with Crippen molar-refractivity contribution >= 4 is 44.6 Å². The molecule has 0 radical (unpaired) electrons. The number of nitrogens with zero attached hydrogens (tertiary/aromatic N) is 1. The van der Waals surface area contributed by atoms with Gasteiger partial charge in [-0.2, -0.15) is 0 Å². The molecule has 2 rings (SSSR count). The van der Waals surface area contributed by atoms with E-state index >= 15 is 0 Å². The lowest BCUT2D eigenvalue weighted by atomic mass is 10.2. The van der Waals surface area contributed by atoms with Crippen LogP contribution in [0.5, 0.6) is 0 Å². The van der Waals surface area contributed by atoms with Crippen LogP contribution in [0.15, 0.2) is 40.9 Å². The van der Waals surface area contributed by atoms with Crippen LogP contribution in [0, 0.1) is 15.9 Å². The second-order valence-corrected chi connectivity index (χ2v) is 4.88. The van der Waals surface area contributed by atoms with Gasteiger partial charge in [-0.25, -0.2) is 4.39 Å². The lowest BCUT2D eigenvalue weighted by Gasteiger charge is -2.09. The van der Waals surface area contributed by atoms with E-state index in [9.17, 15) is 14.5 Å². The molecule has 4 nitrogen and oxygen atoms in total. The molecule has 0 unspecified atom stereocenters. The number of halogens is 3. The Hall–Kier alpha value is -1.66. The highest BCUT2D eigenvalue weighted by Crippen LogP contribution is 2.33. The number of non-ortho nitro benzene ring substituents is 1. The van der Waals surface area contributed by atoms with Crippen LogP contribution >= 0.6 is 27.5 Å². The number of anilines is 2. The molecule has 2 aromatic rings. The maximum absolute atomic E-state index is 13.3. The molecule has 0 saturated carbocycles. The van der Waals surface area contributed by atoms with Crippen LogP contribution < -0.4 is 5.32 Å². The summed E-state index contributed by atoms with van der Waals surface area (Å²) in [5.41, 5.74) is 0.544. The molecule has 0 aliphatic heterocycles. The summed E-state index contributed by atoms with van der Waals surface area (Å²) in [6.45, 7) is 0. The highest BCUT2D eigenvalue weighted by atomic mass is 79.9. The summed E-state index contributed by atoms with van der Waals surface area (Å²) in [5, 5.41) is 14.0. The maximum Gasteiger partial charge on any atom is 0.274 e. The summed E-state index contributed by atoms with van der Waals surface area (Å²) in [6, 6.07) is 8.38. The summed E-state index contributed by atoms with van der Waals surface area (Å²) < 4.78 is 13.9. The molecule has 2 aromatic carbocycles. The van der Waals surface area contributed by atoms with Crippen molar-refractivity contribution in [1.82, 2.24) is 0 Å². The average Bonchev–Trinajstić information content (AvgIpc) is 2.34. The van der Waals surface area contributed by atoms with E-state index < -0.39 is 10.7 Å². The van der Waals surface area contributed by atoms with Gasteiger partial charge in [-0.05, 0) is 34.1 Å². The predicted octanol–water partition coefficient (Wildman–Crippen LogP) is 4.89. The molecule has 0 saturated heterocycles. The van der Waals surface area contributed by atoms with Crippen molar-refractivity contribution in [2.75, 3.05) is 5.32 Å². The quantitative estimate of drug-likeness (QED) is 0.636. The van der Waals surface area contributed by atoms with Gasteiger partial charge in [0.15, 0.2) is 0 Å². The van der Waals surface area contributed by atoms with Gasteiger partial charge in [0.1, 0.15) is 5.82 Å². The van der Waals surface area contributed by atoms with Gasteiger partial charge in [0.2, 0.25) is 0 Å². The third kappa shape index (κ3) is 3.21. The summed E-state index contributed by atoms with van der Waals surface area (Å²) in [6.07, 6.45) is 0. The SMILES string of the molecule is O=[N+]([O-])c1cc(F)cc(Nc2cccc(Cl)c2Br)c1. The van der Waals surface area contributed by atoms with Gasteiger partial charge in [0, 0.05) is 11.8 Å². The fraction of sp³-hybridized carbons (Fsp3) is 0. The highest BCUT2D eigenvalue weighted by Gasteiger charge is 2.11. The first-order valence-electron chi connectivity index (χ1n) is 5.13. The first kappa shape index (κ1) is 13.8. The first-order chi connectivity index (χ1) is 8.97. The number of hydrogen-bond donors (Lipinski definition) is 1. The molecule has 0 aliphatic carbocycles. The number of hydrogen-bond acceptors (Lipinski definition) is 3. The van der Waals surface area contributed by atoms with Gasteiger partial charge < -0.3 is 5.32 Å². The standard InChI is InChI=1S/C12H7BrClFN2O2/c13-12-10(14)2-1-3-11(12)16-8-4-7(15)5-9(6-8)17(18)19/h1-6,16H. The molecule has 19 heavy (non-hydrogen) atoms. The van der Waals surface area contributed by atoms with Gasteiger partial charge in [0.25, 0.3) is 5.69 Å². The molecule has 0 spiro atoms. The number of benzene rings is 2. The molecule has 0 heterocycles. The minimum atomic E-state index is -0.685. The Morgan fingerprint density at radius 1 is 1.32 bits per heavy atom. The summed E-state index contributed by atoms with van der Waals surface area (Å²) in [7, 11) is 0. The van der Waals surface area contributed by atoms with Gasteiger partial charge in [-0.15, -0.1) is 0 Å². The van der Waals surface area contributed by atoms with Gasteiger partial charge in [-0.1, -0.05) is 17.7 Å². The van der Waals surface area contributed by atoms with Gasteiger partial charge in [0.05, 0.1) is 26.2 Å². The number of nitro groups is 1. The summed E-state index contributed by atoms with van der Waals surface area (Å²) >= 11 is 9.21. The van der Waals surface area contributed by atoms with E-state index in [-0.39, 0.29) is 11.4 Å². The summed E-state index contributed by atoms with van der Waals surface area (Å²) in [5.74, 6) is -0.685. The van der Waals surface area contributed by atoms with Crippen molar-refractivity contribution in [3.8, 4) is 0 Å². The fourth-order valence-corrected chi connectivity index (χ4v) is 2.05. The third-order valence-corrected chi connectivity index (χ3v) is 3.72. The van der Waals surface area contributed by atoms with Crippen molar-refractivity contribution in [2.45, 2.75) is 0 Å². The minimum Gasteiger partial charge on any atom is -0.354 e. The van der Waals surface area contributed by atoms with Crippen LogP contribution in [-0.2, 0) is 0 Å². The molecule has 0 atom stereocenters. The van der Waals surface area contributed by atoms with Crippen LogP contribution in [0.25, 0.3) is 0 Å². The molecular weight excluding hydrogens is 338 g/mol. The minimum absolute atomic E-state index is 0.273. The molecule has 0 aliphatic rings. The van der Waals surface area contributed by atoms with Gasteiger partial charge >= 0.3 is 0 Å². The first-order valence-corrected chi connectivity index (χ1v) is 6.30. The van der Waals surface area contributed by atoms with Crippen LogP contribution in [0.2, 0.25) is 5.02 Å². The second-order valence-electron chi connectivity index (χ2n) is 3.68. The van der Waals surface area contributed by atoms with Crippen LogP contribution in [0.1, 0.15) is 0 Å². The monoisotopic (exact) mass is 344 g/mol. The second kappa shape index (κ2) is 5.54.